The van der Waals surface area contributed by atoms with E-state index in [2.05, 4.69) is 10.1 Å². The van der Waals surface area contributed by atoms with Crippen LogP contribution in [0.4, 0.5) is 0 Å². The third-order valence-electron chi connectivity index (χ3n) is 3.39. The molecule has 1 aromatic carbocycles. The van der Waals surface area contributed by atoms with Crippen molar-refractivity contribution in [3.63, 3.8) is 0 Å². The topological polar surface area (TPSA) is 74.8 Å². The van der Waals surface area contributed by atoms with Gasteiger partial charge >= 0.3 is 0 Å². The molecule has 0 bridgehead atoms. The molecule has 0 atom stereocenters. The van der Waals surface area contributed by atoms with E-state index >= 15 is 0 Å². The number of benzene rings is 1. The first-order valence-corrected chi connectivity index (χ1v) is 6.38. The number of amides is 1. The number of aromatic nitrogens is 3. The maximum absolute atomic E-state index is 12.2. The summed E-state index contributed by atoms with van der Waals surface area (Å²) >= 11 is 0. The average molecular weight is 267 g/mol. The van der Waals surface area contributed by atoms with Crippen LogP contribution in [0.5, 0.6) is 0 Å². The molecule has 0 unspecified atom stereocenters. The number of rotatable bonds is 3. The van der Waals surface area contributed by atoms with Crippen LogP contribution >= 0.6 is 0 Å². The summed E-state index contributed by atoms with van der Waals surface area (Å²) in [6.45, 7) is 2.22. The Hall–Kier alpha value is -2.68. The molecule has 0 aliphatic carbocycles. The molecule has 100 valence electrons. The van der Waals surface area contributed by atoms with Crippen LogP contribution in [-0.2, 0) is 6.54 Å². The molecule has 1 aliphatic rings. The van der Waals surface area contributed by atoms with Crippen molar-refractivity contribution in [2.75, 3.05) is 13.1 Å². The number of carbonyl (C=O) groups is 1. The van der Waals surface area contributed by atoms with Gasteiger partial charge in [0.15, 0.2) is 0 Å². The number of nitriles is 1. The molecule has 1 saturated heterocycles. The zero-order valence-electron chi connectivity index (χ0n) is 10.8. The van der Waals surface area contributed by atoms with Gasteiger partial charge in [0.1, 0.15) is 12.7 Å². The number of likely N-dealkylation sites (tertiary alicyclic amines) is 1. The monoisotopic (exact) mass is 267 g/mol. The van der Waals surface area contributed by atoms with Gasteiger partial charge < -0.3 is 4.90 Å². The average Bonchev–Trinajstić information content (AvgIpc) is 2.95. The van der Waals surface area contributed by atoms with E-state index in [1.807, 2.05) is 6.07 Å². The van der Waals surface area contributed by atoms with E-state index in [0.29, 0.717) is 17.0 Å². The Balaban J connectivity index is 1.59. The highest BCUT2D eigenvalue weighted by atomic mass is 16.2. The van der Waals surface area contributed by atoms with Gasteiger partial charge in [-0.3, -0.25) is 9.48 Å². The van der Waals surface area contributed by atoms with Crippen molar-refractivity contribution in [2.24, 2.45) is 5.92 Å². The van der Waals surface area contributed by atoms with Crippen LogP contribution < -0.4 is 0 Å². The van der Waals surface area contributed by atoms with Gasteiger partial charge in [-0.1, -0.05) is 6.07 Å². The summed E-state index contributed by atoms with van der Waals surface area (Å²) in [5.74, 6) is 0.400. The standard InChI is InChI=1S/C14H13N5O/c15-5-11-2-1-3-13(4-11)14(20)18-6-12(7-18)8-19-10-16-9-17-19/h1-4,9-10,12H,6-8H2. The predicted molar refractivity (Wildman–Crippen MR) is 70.6 cm³/mol. The summed E-state index contributed by atoms with van der Waals surface area (Å²) in [5.41, 5.74) is 1.08. The summed E-state index contributed by atoms with van der Waals surface area (Å²) < 4.78 is 1.78. The Kier molecular flexibility index (Phi) is 3.17. The Morgan fingerprint density at radius 3 is 3.00 bits per heavy atom. The molecule has 20 heavy (non-hydrogen) atoms. The van der Waals surface area contributed by atoms with Crippen molar-refractivity contribution >= 4 is 5.91 Å². The van der Waals surface area contributed by atoms with Crippen LogP contribution in [0.2, 0.25) is 0 Å². The number of nitrogens with zero attached hydrogens (tertiary/aromatic N) is 5. The molecule has 2 aromatic rings. The molecule has 0 spiro atoms. The molecule has 0 saturated carbocycles. The fourth-order valence-electron chi connectivity index (χ4n) is 2.35. The maximum atomic E-state index is 12.2. The van der Waals surface area contributed by atoms with Crippen LogP contribution in [0, 0.1) is 17.2 Å². The minimum atomic E-state index is -0.0167. The van der Waals surface area contributed by atoms with Crippen molar-refractivity contribution in [3.05, 3.63) is 48.0 Å². The highest BCUT2D eigenvalue weighted by Gasteiger charge is 2.31. The Morgan fingerprint density at radius 1 is 1.45 bits per heavy atom. The van der Waals surface area contributed by atoms with Gasteiger partial charge in [0.25, 0.3) is 5.91 Å². The summed E-state index contributed by atoms with van der Waals surface area (Å²) in [7, 11) is 0. The molecule has 0 N–H and O–H groups in total. The van der Waals surface area contributed by atoms with Gasteiger partial charge in [0.2, 0.25) is 0 Å². The molecule has 1 amide bonds. The third kappa shape index (κ3) is 2.38. The van der Waals surface area contributed by atoms with Gasteiger partial charge in [0.05, 0.1) is 11.6 Å². The van der Waals surface area contributed by atoms with E-state index in [1.54, 1.807) is 40.2 Å². The Labute approximate surface area is 116 Å². The SMILES string of the molecule is N#Cc1cccc(C(=O)N2CC(Cn3cncn3)C2)c1. The van der Waals surface area contributed by atoms with Crippen LogP contribution in [-0.4, -0.2) is 38.7 Å². The second-order valence-electron chi connectivity index (χ2n) is 4.89. The van der Waals surface area contributed by atoms with Gasteiger partial charge in [-0.25, -0.2) is 4.98 Å². The third-order valence-corrected chi connectivity index (χ3v) is 3.39. The van der Waals surface area contributed by atoms with Gasteiger partial charge in [0, 0.05) is 31.1 Å². The zero-order chi connectivity index (χ0) is 13.9. The van der Waals surface area contributed by atoms with E-state index in [0.717, 1.165) is 19.6 Å². The fourth-order valence-corrected chi connectivity index (χ4v) is 2.35. The number of hydrogen-bond donors (Lipinski definition) is 0. The van der Waals surface area contributed by atoms with Gasteiger partial charge in [-0.05, 0) is 18.2 Å². The number of carbonyl (C=O) groups excluding carboxylic acids is 1. The molecule has 1 aromatic heterocycles. The molecule has 2 heterocycles. The molecule has 6 heteroatoms. The van der Waals surface area contributed by atoms with Crippen LogP contribution in [0.3, 0.4) is 0 Å². The molecule has 1 fully saturated rings. The lowest BCUT2D eigenvalue weighted by atomic mass is 9.98. The van der Waals surface area contributed by atoms with Crippen molar-refractivity contribution in [2.45, 2.75) is 6.54 Å². The fraction of sp³-hybridized carbons (Fsp3) is 0.286. The Morgan fingerprint density at radius 2 is 2.30 bits per heavy atom. The van der Waals surface area contributed by atoms with Crippen molar-refractivity contribution in [1.82, 2.24) is 19.7 Å². The minimum Gasteiger partial charge on any atom is -0.338 e. The smallest absolute Gasteiger partial charge is 0.253 e. The molecule has 6 nitrogen and oxygen atoms in total. The largest absolute Gasteiger partial charge is 0.338 e. The number of hydrogen-bond acceptors (Lipinski definition) is 4. The van der Waals surface area contributed by atoms with Gasteiger partial charge in [-0.2, -0.15) is 10.4 Å². The maximum Gasteiger partial charge on any atom is 0.253 e. The first kappa shape index (κ1) is 12.4. The second kappa shape index (κ2) is 5.13. The zero-order valence-corrected chi connectivity index (χ0v) is 10.8. The van der Waals surface area contributed by atoms with E-state index < -0.39 is 0 Å². The lowest BCUT2D eigenvalue weighted by Gasteiger charge is -2.39. The molecule has 1 aliphatic heterocycles. The van der Waals surface area contributed by atoms with E-state index in [4.69, 9.17) is 5.26 Å². The van der Waals surface area contributed by atoms with Crippen molar-refractivity contribution in [3.8, 4) is 6.07 Å². The van der Waals surface area contributed by atoms with E-state index in [9.17, 15) is 4.79 Å². The Bertz CT molecular complexity index is 652. The van der Waals surface area contributed by atoms with Crippen LogP contribution in [0.25, 0.3) is 0 Å². The summed E-state index contributed by atoms with van der Waals surface area (Å²) in [4.78, 5) is 17.9. The highest BCUT2D eigenvalue weighted by Crippen LogP contribution is 2.20. The van der Waals surface area contributed by atoms with E-state index in [1.165, 1.54) is 6.33 Å². The molecule has 3 rings (SSSR count). The lowest BCUT2D eigenvalue weighted by Crippen LogP contribution is -2.51. The minimum absolute atomic E-state index is 0.0167. The first-order valence-electron chi connectivity index (χ1n) is 6.38. The normalized spacial score (nSPS) is 14.7. The van der Waals surface area contributed by atoms with Crippen LogP contribution in [0.15, 0.2) is 36.9 Å². The highest BCUT2D eigenvalue weighted by molar-refractivity contribution is 5.95. The predicted octanol–water partition coefficient (Wildman–Crippen LogP) is 0.922. The van der Waals surface area contributed by atoms with E-state index in [-0.39, 0.29) is 5.91 Å². The van der Waals surface area contributed by atoms with Crippen molar-refractivity contribution in [1.29, 1.82) is 5.26 Å². The summed E-state index contributed by atoms with van der Waals surface area (Å²) in [6.07, 6.45) is 3.19. The lowest BCUT2D eigenvalue weighted by molar-refractivity contribution is 0.0461. The van der Waals surface area contributed by atoms with Gasteiger partial charge in [-0.15, -0.1) is 0 Å². The van der Waals surface area contributed by atoms with Crippen LogP contribution in [0.1, 0.15) is 15.9 Å². The first-order chi connectivity index (χ1) is 9.76. The molecular formula is C14H13N5O. The summed E-state index contributed by atoms with van der Waals surface area (Å²) in [5, 5.41) is 12.9. The molecule has 0 radical (unpaired) electrons. The summed E-state index contributed by atoms with van der Waals surface area (Å²) in [6, 6.07) is 8.85. The van der Waals surface area contributed by atoms with Crippen molar-refractivity contribution < 1.29 is 4.79 Å². The second-order valence-corrected chi connectivity index (χ2v) is 4.89. The quantitative estimate of drug-likeness (QED) is 0.828. The molecular weight excluding hydrogens is 254 g/mol.